The van der Waals surface area contributed by atoms with Gasteiger partial charge in [0.15, 0.2) is 0 Å². The first-order valence-corrected chi connectivity index (χ1v) is 3.51. The van der Waals surface area contributed by atoms with Crippen LogP contribution in [0.2, 0.25) is 0 Å². The highest BCUT2D eigenvalue weighted by Crippen LogP contribution is 2.25. The van der Waals surface area contributed by atoms with Crippen molar-refractivity contribution in [3.63, 3.8) is 0 Å². The molecule has 0 heterocycles. The van der Waals surface area contributed by atoms with Gasteiger partial charge in [-0.2, -0.15) is 0 Å². The molecule has 1 fully saturated rings. The van der Waals surface area contributed by atoms with Crippen molar-refractivity contribution < 1.29 is 14.3 Å². The fraction of sp³-hybridized carbons (Fsp3) is 0.857. The van der Waals surface area contributed by atoms with Crippen molar-refractivity contribution in [1.82, 2.24) is 0 Å². The maximum atomic E-state index is 12.7. The van der Waals surface area contributed by atoms with Gasteiger partial charge in [-0.15, -0.1) is 0 Å². The van der Waals surface area contributed by atoms with Gasteiger partial charge in [0.2, 0.25) is 0 Å². The van der Waals surface area contributed by atoms with E-state index in [0.717, 1.165) is 0 Å². The molecule has 0 aromatic heterocycles. The molecule has 0 radical (unpaired) electrons. The number of aliphatic hydroxyl groups excluding tert-OH is 1. The van der Waals surface area contributed by atoms with Crippen LogP contribution in [0.4, 0.5) is 4.39 Å². The van der Waals surface area contributed by atoms with Crippen LogP contribution in [0.5, 0.6) is 0 Å². The lowest BCUT2D eigenvalue weighted by Crippen LogP contribution is -2.29. The van der Waals surface area contributed by atoms with E-state index in [4.69, 9.17) is 5.11 Å². The minimum absolute atomic E-state index is 0.128. The zero-order valence-corrected chi connectivity index (χ0v) is 5.66. The molecular formula is C7H11FO2. The van der Waals surface area contributed by atoms with Gasteiger partial charge in [0.25, 0.3) is 0 Å². The van der Waals surface area contributed by atoms with E-state index in [1.54, 1.807) is 0 Å². The van der Waals surface area contributed by atoms with Gasteiger partial charge in [0.05, 0.1) is 6.10 Å². The number of rotatable bonds is 1. The van der Waals surface area contributed by atoms with Crippen LogP contribution in [0.25, 0.3) is 0 Å². The zero-order chi connectivity index (χ0) is 7.56. The molecule has 0 amide bonds. The van der Waals surface area contributed by atoms with Crippen LogP contribution in [0, 0.1) is 5.92 Å². The summed E-state index contributed by atoms with van der Waals surface area (Å²) in [5, 5.41) is 8.94. The quantitative estimate of drug-likeness (QED) is 0.552. The zero-order valence-electron chi connectivity index (χ0n) is 5.66. The molecule has 0 aromatic rings. The molecule has 1 rings (SSSR count). The first-order chi connectivity index (χ1) is 4.74. The summed E-state index contributed by atoms with van der Waals surface area (Å²) >= 11 is 0. The molecule has 2 nitrogen and oxygen atoms in total. The normalized spacial score (nSPS) is 41.2. The summed E-state index contributed by atoms with van der Waals surface area (Å²) in [6.45, 7) is 0. The lowest BCUT2D eigenvalue weighted by Gasteiger charge is -2.24. The van der Waals surface area contributed by atoms with Gasteiger partial charge in [-0.05, 0) is 12.8 Å². The number of alkyl halides is 1. The molecule has 10 heavy (non-hydrogen) atoms. The maximum Gasteiger partial charge on any atom is 0.125 e. The molecule has 1 aliphatic carbocycles. The van der Waals surface area contributed by atoms with Crippen LogP contribution in [0.15, 0.2) is 0 Å². The minimum Gasteiger partial charge on any atom is -0.393 e. The number of aliphatic hydroxyl groups is 1. The summed E-state index contributed by atoms with van der Waals surface area (Å²) in [6, 6.07) is 0. The van der Waals surface area contributed by atoms with E-state index in [9.17, 15) is 9.18 Å². The standard InChI is InChI=1S/C7H11FO2/c8-7-3-6(10)2-1-5(7)4-9/h4-7,10H,1-3H2. The molecule has 1 saturated carbocycles. The molecular weight excluding hydrogens is 135 g/mol. The van der Waals surface area contributed by atoms with Gasteiger partial charge in [0, 0.05) is 12.3 Å². The fourth-order valence-corrected chi connectivity index (χ4v) is 1.27. The first kappa shape index (κ1) is 7.66. The summed E-state index contributed by atoms with van der Waals surface area (Å²) < 4.78 is 12.7. The minimum atomic E-state index is -1.12. The molecule has 0 spiro atoms. The third-order valence-corrected chi connectivity index (χ3v) is 1.97. The average Bonchev–Trinajstić information content (AvgIpc) is 1.88. The lowest BCUT2D eigenvalue weighted by atomic mass is 9.87. The molecule has 3 unspecified atom stereocenters. The van der Waals surface area contributed by atoms with Crippen LogP contribution in [0.3, 0.4) is 0 Å². The third kappa shape index (κ3) is 1.53. The SMILES string of the molecule is O=CC1CCC(O)CC1F. The average molecular weight is 146 g/mol. The van der Waals surface area contributed by atoms with Gasteiger partial charge >= 0.3 is 0 Å². The Morgan fingerprint density at radius 2 is 2.20 bits per heavy atom. The first-order valence-electron chi connectivity index (χ1n) is 3.51. The van der Waals surface area contributed by atoms with E-state index >= 15 is 0 Å². The number of hydrogen-bond acceptors (Lipinski definition) is 2. The van der Waals surface area contributed by atoms with Crippen molar-refractivity contribution in [2.45, 2.75) is 31.5 Å². The van der Waals surface area contributed by atoms with Crippen molar-refractivity contribution in [3.8, 4) is 0 Å². The Bertz CT molecular complexity index is 127. The molecule has 0 aliphatic heterocycles. The van der Waals surface area contributed by atoms with Crippen LogP contribution >= 0.6 is 0 Å². The monoisotopic (exact) mass is 146 g/mol. The highest BCUT2D eigenvalue weighted by molar-refractivity contribution is 5.54. The highest BCUT2D eigenvalue weighted by Gasteiger charge is 2.28. The Kier molecular flexibility index (Phi) is 2.38. The molecule has 58 valence electrons. The Morgan fingerprint density at radius 3 is 2.70 bits per heavy atom. The molecule has 1 N–H and O–H groups in total. The smallest absolute Gasteiger partial charge is 0.125 e. The molecule has 0 bridgehead atoms. The molecule has 1 aliphatic rings. The van der Waals surface area contributed by atoms with E-state index in [2.05, 4.69) is 0 Å². The Morgan fingerprint density at radius 1 is 1.50 bits per heavy atom. The largest absolute Gasteiger partial charge is 0.393 e. The van der Waals surface area contributed by atoms with E-state index < -0.39 is 18.2 Å². The third-order valence-electron chi connectivity index (χ3n) is 1.97. The number of aldehydes is 1. The van der Waals surface area contributed by atoms with Crippen LogP contribution < -0.4 is 0 Å². The van der Waals surface area contributed by atoms with Crippen LogP contribution in [-0.2, 0) is 4.79 Å². The van der Waals surface area contributed by atoms with Gasteiger partial charge in [-0.3, -0.25) is 0 Å². The predicted molar refractivity (Wildman–Crippen MR) is 34.3 cm³/mol. The molecule has 3 atom stereocenters. The van der Waals surface area contributed by atoms with Gasteiger partial charge in [-0.25, -0.2) is 4.39 Å². The van der Waals surface area contributed by atoms with Crippen molar-refractivity contribution >= 4 is 6.29 Å². The van der Waals surface area contributed by atoms with E-state index in [1.807, 2.05) is 0 Å². The van der Waals surface area contributed by atoms with Crippen molar-refractivity contribution in [1.29, 1.82) is 0 Å². The maximum absolute atomic E-state index is 12.7. The summed E-state index contributed by atoms with van der Waals surface area (Å²) in [6.07, 6.45) is 0.169. The van der Waals surface area contributed by atoms with E-state index in [-0.39, 0.29) is 6.42 Å². The second-order valence-corrected chi connectivity index (χ2v) is 2.78. The van der Waals surface area contributed by atoms with Crippen LogP contribution in [0.1, 0.15) is 19.3 Å². The fourth-order valence-electron chi connectivity index (χ4n) is 1.27. The summed E-state index contributed by atoms with van der Waals surface area (Å²) in [5.74, 6) is -0.469. The van der Waals surface area contributed by atoms with Crippen molar-refractivity contribution in [2.24, 2.45) is 5.92 Å². The van der Waals surface area contributed by atoms with Crippen molar-refractivity contribution in [3.05, 3.63) is 0 Å². The van der Waals surface area contributed by atoms with Gasteiger partial charge < -0.3 is 9.90 Å². The number of hydrogen-bond donors (Lipinski definition) is 1. The second-order valence-electron chi connectivity index (χ2n) is 2.78. The molecule has 3 heteroatoms. The van der Waals surface area contributed by atoms with E-state index in [1.165, 1.54) is 0 Å². The summed E-state index contributed by atoms with van der Waals surface area (Å²) in [4.78, 5) is 10.2. The number of halogens is 1. The van der Waals surface area contributed by atoms with Crippen molar-refractivity contribution in [2.75, 3.05) is 0 Å². The molecule has 0 aromatic carbocycles. The Hall–Kier alpha value is -0.440. The molecule has 0 saturated heterocycles. The second kappa shape index (κ2) is 3.10. The predicted octanol–water partition coefficient (Wildman–Crippen LogP) is 0.684. The van der Waals surface area contributed by atoms with Gasteiger partial charge in [-0.1, -0.05) is 0 Å². The summed E-state index contributed by atoms with van der Waals surface area (Å²) in [5.41, 5.74) is 0. The highest BCUT2D eigenvalue weighted by atomic mass is 19.1. The summed E-state index contributed by atoms with van der Waals surface area (Å²) in [7, 11) is 0. The van der Waals surface area contributed by atoms with Gasteiger partial charge in [0.1, 0.15) is 12.5 Å². The Balaban J connectivity index is 2.43. The lowest BCUT2D eigenvalue weighted by molar-refractivity contribution is -0.114. The Labute approximate surface area is 59.0 Å². The number of carbonyl (C=O) groups excluding carboxylic acids is 1. The topological polar surface area (TPSA) is 37.3 Å². The van der Waals surface area contributed by atoms with Crippen LogP contribution in [-0.4, -0.2) is 23.7 Å². The number of carbonyl (C=O) groups is 1. The van der Waals surface area contributed by atoms with E-state index in [0.29, 0.717) is 19.1 Å².